The van der Waals surface area contributed by atoms with Gasteiger partial charge in [0.15, 0.2) is 0 Å². The van der Waals surface area contributed by atoms with Crippen molar-refractivity contribution in [3.05, 3.63) is 54.2 Å². The number of likely N-dealkylation sites (tertiary alicyclic amines) is 1. The first kappa shape index (κ1) is 18.4. The standard InChI is InChI=1S/C19H16F4N4O/c20-17-7-6-12(9-24-17)15-4-1-5-16-14(10-25-27(15)16)18(28)26-8-2-3-13(11-26)19(21,22)23/h1,4-7,9-10,13H,2-3,8,11H2. The van der Waals surface area contributed by atoms with Gasteiger partial charge in [-0.25, -0.2) is 9.50 Å². The van der Waals surface area contributed by atoms with E-state index in [1.54, 1.807) is 24.3 Å². The first-order chi connectivity index (χ1) is 13.3. The number of alkyl halides is 3. The number of aromatic nitrogens is 3. The summed E-state index contributed by atoms with van der Waals surface area (Å²) in [5.74, 6) is -2.59. The summed E-state index contributed by atoms with van der Waals surface area (Å²) < 4.78 is 53.8. The molecule has 0 saturated carbocycles. The highest BCUT2D eigenvalue weighted by molar-refractivity contribution is 6.01. The highest BCUT2D eigenvalue weighted by Crippen LogP contribution is 2.34. The van der Waals surface area contributed by atoms with Gasteiger partial charge in [-0.2, -0.15) is 22.7 Å². The number of carbonyl (C=O) groups excluding carboxylic acids is 1. The summed E-state index contributed by atoms with van der Waals surface area (Å²) in [7, 11) is 0. The molecule has 1 unspecified atom stereocenters. The Morgan fingerprint density at radius 3 is 2.68 bits per heavy atom. The number of nitrogens with zero attached hydrogens (tertiary/aromatic N) is 4. The van der Waals surface area contributed by atoms with Gasteiger partial charge in [-0.1, -0.05) is 6.07 Å². The summed E-state index contributed by atoms with van der Waals surface area (Å²) >= 11 is 0. The molecule has 0 radical (unpaired) electrons. The zero-order valence-electron chi connectivity index (χ0n) is 14.7. The van der Waals surface area contributed by atoms with Crippen LogP contribution in [0.4, 0.5) is 17.6 Å². The number of pyridine rings is 2. The summed E-state index contributed by atoms with van der Waals surface area (Å²) in [4.78, 5) is 17.7. The van der Waals surface area contributed by atoms with Crippen LogP contribution in [0.3, 0.4) is 0 Å². The number of fused-ring (bicyclic) bond motifs is 1. The van der Waals surface area contributed by atoms with Gasteiger partial charge in [0, 0.05) is 24.8 Å². The molecule has 0 bridgehead atoms. The summed E-state index contributed by atoms with van der Waals surface area (Å²) in [6.07, 6.45) is -1.27. The van der Waals surface area contributed by atoms with Gasteiger partial charge in [-0.05, 0) is 37.1 Å². The average molecular weight is 392 g/mol. The van der Waals surface area contributed by atoms with E-state index in [4.69, 9.17) is 0 Å². The van der Waals surface area contributed by atoms with E-state index in [1.165, 1.54) is 27.9 Å². The lowest BCUT2D eigenvalue weighted by Crippen LogP contribution is -2.44. The molecule has 3 aromatic heterocycles. The van der Waals surface area contributed by atoms with Crippen LogP contribution in [0.5, 0.6) is 0 Å². The normalized spacial score (nSPS) is 17.9. The lowest BCUT2D eigenvalue weighted by molar-refractivity contribution is -0.184. The minimum atomic E-state index is -4.32. The molecule has 9 heteroatoms. The van der Waals surface area contributed by atoms with Crippen molar-refractivity contribution in [2.45, 2.75) is 19.0 Å². The molecule has 4 heterocycles. The Hall–Kier alpha value is -2.97. The predicted molar refractivity (Wildman–Crippen MR) is 93.1 cm³/mol. The molecular weight excluding hydrogens is 376 g/mol. The fraction of sp³-hybridized carbons (Fsp3) is 0.316. The van der Waals surface area contributed by atoms with Crippen molar-refractivity contribution in [1.29, 1.82) is 0 Å². The van der Waals surface area contributed by atoms with Crippen molar-refractivity contribution >= 4 is 11.4 Å². The van der Waals surface area contributed by atoms with Gasteiger partial charge in [0.2, 0.25) is 5.95 Å². The van der Waals surface area contributed by atoms with Crippen molar-refractivity contribution in [3.63, 3.8) is 0 Å². The summed E-state index contributed by atoms with van der Waals surface area (Å²) in [5, 5.41) is 4.23. The number of rotatable bonds is 2. The zero-order valence-corrected chi connectivity index (χ0v) is 14.7. The minimum absolute atomic E-state index is 0.0315. The second kappa shape index (κ2) is 6.88. The molecule has 1 aliphatic heterocycles. The van der Waals surface area contributed by atoms with Crippen molar-refractivity contribution in [1.82, 2.24) is 19.5 Å². The molecule has 4 rings (SSSR count). The maximum Gasteiger partial charge on any atom is 0.393 e. The van der Waals surface area contributed by atoms with Gasteiger partial charge in [-0.3, -0.25) is 4.79 Å². The molecule has 0 aromatic carbocycles. The molecule has 5 nitrogen and oxygen atoms in total. The number of hydrogen-bond donors (Lipinski definition) is 0. The predicted octanol–water partition coefficient (Wildman–Crippen LogP) is 3.95. The Bertz CT molecular complexity index is 1010. The van der Waals surface area contributed by atoms with Crippen LogP contribution in [-0.4, -0.2) is 44.7 Å². The van der Waals surface area contributed by atoms with Crippen LogP contribution in [-0.2, 0) is 0 Å². The molecule has 1 amide bonds. The fourth-order valence-electron chi connectivity index (χ4n) is 3.52. The maximum atomic E-state index is 13.1. The summed E-state index contributed by atoms with van der Waals surface area (Å²) in [6.45, 7) is -0.0639. The monoisotopic (exact) mass is 392 g/mol. The molecular formula is C19H16F4N4O. The second-order valence-electron chi connectivity index (χ2n) is 6.77. The highest BCUT2D eigenvalue weighted by Gasteiger charge is 2.43. The third kappa shape index (κ3) is 3.32. The number of amides is 1. The van der Waals surface area contributed by atoms with Crippen LogP contribution in [0.25, 0.3) is 16.8 Å². The Morgan fingerprint density at radius 1 is 1.14 bits per heavy atom. The molecule has 28 heavy (non-hydrogen) atoms. The molecule has 1 fully saturated rings. The quantitative estimate of drug-likeness (QED) is 0.490. The molecule has 3 aromatic rings. The lowest BCUT2D eigenvalue weighted by atomic mass is 9.97. The Balaban J connectivity index is 1.67. The van der Waals surface area contributed by atoms with Crippen LogP contribution in [0, 0.1) is 11.9 Å². The Kier molecular flexibility index (Phi) is 4.52. The van der Waals surface area contributed by atoms with Crippen molar-refractivity contribution < 1.29 is 22.4 Å². The van der Waals surface area contributed by atoms with E-state index in [-0.39, 0.29) is 25.1 Å². The Labute approximate surface area is 157 Å². The Morgan fingerprint density at radius 2 is 1.96 bits per heavy atom. The van der Waals surface area contributed by atoms with Gasteiger partial charge >= 0.3 is 6.18 Å². The molecule has 1 atom stereocenters. The van der Waals surface area contributed by atoms with Crippen LogP contribution in [0.2, 0.25) is 0 Å². The third-order valence-corrected chi connectivity index (χ3v) is 4.97. The largest absolute Gasteiger partial charge is 0.393 e. The van der Waals surface area contributed by atoms with Crippen LogP contribution >= 0.6 is 0 Å². The summed E-state index contributed by atoms with van der Waals surface area (Å²) in [6, 6.07) is 7.88. The zero-order chi connectivity index (χ0) is 19.9. The van der Waals surface area contributed by atoms with E-state index in [2.05, 4.69) is 10.1 Å². The highest BCUT2D eigenvalue weighted by atomic mass is 19.4. The average Bonchev–Trinajstić information content (AvgIpc) is 3.12. The second-order valence-corrected chi connectivity index (χ2v) is 6.77. The third-order valence-electron chi connectivity index (χ3n) is 4.97. The van der Waals surface area contributed by atoms with E-state index in [0.29, 0.717) is 23.2 Å². The maximum absolute atomic E-state index is 13.1. The fourth-order valence-corrected chi connectivity index (χ4v) is 3.52. The van der Waals surface area contributed by atoms with Gasteiger partial charge in [-0.15, -0.1) is 0 Å². The smallest absolute Gasteiger partial charge is 0.338 e. The molecule has 1 aliphatic rings. The number of hydrogen-bond acceptors (Lipinski definition) is 3. The van der Waals surface area contributed by atoms with Gasteiger partial charge in [0.25, 0.3) is 5.91 Å². The van der Waals surface area contributed by atoms with E-state index < -0.39 is 23.9 Å². The molecule has 0 N–H and O–H groups in total. The first-order valence-corrected chi connectivity index (χ1v) is 8.79. The molecule has 1 saturated heterocycles. The number of piperidine rings is 1. The van der Waals surface area contributed by atoms with Gasteiger partial charge in [0.05, 0.1) is 28.9 Å². The summed E-state index contributed by atoms with van der Waals surface area (Å²) in [5.41, 5.74) is 1.90. The number of carbonyl (C=O) groups is 1. The van der Waals surface area contributed by atoms with Crippen molar-refractivity contribution in [2.75, 3.05) is 13.1 Å². The minimum Gasteiger partial charge on any atom is -0.338 e. The van der Waals surface area contributed by atoms with E-state index in [1.807, 2.05) is 0 Å². The molecule has 0 aliphatic carbocycles. The van der Waals surface area contributed by atoms with Crippen LogP contribution < -0.4 is 0 Å². The van der Waals surface area contributed by atoms with Crippen LogP contribution in [0.1, 0.15) is 23.2 Å². The van der Waals surface area contributed by atoms with Gasteiger partial charge < -0.3 is 4.90 Å². The van der Waals surface area contributed by atoms with Crippen molar-refractivity contribution in [3.8, 4) is 11.3 Å². The molecule has 0 spiro atoms. The lowest BCUT2D eigenvalue weighted by Gasteiger charge is -2.33. The molecule has 146 valence electrons. The van der Waals surface area contributed by atoms with E-state index >= 15 is 0 Å². The van der Waals surface area contributed by atoms with Gasteiger partial charge in [0.1, 0.15) is 0 Å². The van der Waals surface area contributed by atoms with Crippen molar-refractivity contribution in [2.24, 2.45) is 5.92 Å². The van der Waals surface area contributed by atoms with Crippen LogP contribution in [0.15, 0.2) is 42.7 Å². The topological polar surface area (TPSA) is 50.5 Å². The first-order valence-electron chi connectivity index (χ1n) is 8.79. The van der Waals surface area contributed by atoms with E-state index in [9.17, 15) is 22.4 Å². The SMILES string of the molecule is O=C(c1cnn2c(-c3ccc(F)nc3)cccc12)N1CCCC(C(F)(F)F)C1. The number of halogens is 4. The van der Waals surface area contributed by atoms with E-state index in [0.717, 1.165) is 0 Å².